The number of para-hydroxylation sites is 1. The van der Waals surface area contributed by atoms with Gasteiger partial charge in [-0.2, -0.15) is 0 Å². The van der Waals surface area contributed by atoms with Crippen molar-refractivity contribution in [1.82, 2.24) is 9.97 Å². The Kier molecular flexibility index (Phi) is 14.4. The Labute approximate surface area is 137 Å². The fraction of sp³-hybridized carbons (Fsp3) is 0.412. The summed E-state index contributed by atoms with van der Waals surface area (Å²) in [5.74, 6) is 0. The van der Waals surface area contributed by atoms with Gasteiger partial charge >= 0.3 is 0 Å². The summed E-state index contributed by atoms with van der Waals surface area (Å²) >= 11 is 3.41. The molecule has 0 saturated carbocycles. The fourth-order valence-electron chi connectivity index (χ4n) is 1.28. The van der Waals surface area contributed by atoms with Crippen LogP contribution in [0.1, 0.15) is 45.1 Å². The molecule has 3 aromatic rings. The third-order valence-electron chi connectivity index (χ3n) is 1.96. The molecule has 0 radical (unpaired) electrons. The van der Waals surface area contributed by atoms with Crippen LogP contribution in [-0.4, -0.2) is 9.97 Å². The molecule has 0 aliphatic heterocycles. The van der Waals surface area contributed by atoms with Crippen molar-refractivity contribution >= 4 is 32.9 Å². The van der Waals surface area contributed by atoms with Gasteiger partial charge in [0.25, 0.3) is 0 Å². The molecule has 4 heteroatoms. The predicted molar refractivity (Wildman–Crippen MR) is 101 cm³/mol. The van der Waals surface area contributed by atoms with Gasteiger partial charge in [-0.15, -0.1) is 22.7 Å². The molecule has 0 aliphatic carbocycles. The van der Waals surface area contributed by atoms with Gasteiger partial charge in [-0.05, 0) is 26.0 Å². The minimum atomic E-state index is 0. The maximum atomic E-state index is 4.33. The number of nitrogens with zero attached hydrogens (tertiary/aromatic N) is 2. The molecule has 0 bridgehead atoms. The predicted octanol–water partition coefficient (Wildman–Crippen LogP) is 6.74. The first kappa shape index (κ1) is 22.0. The summed E-state index contributed by atoms with van der Waals surface area (Å²) in [5, 5.41) is 4.24. The number of hydrogen-bond acceptors (Lipinski definition) is 4. The fourth-order valence-corrected chi connectivity index (χ4v) is 2.55. The maximum Gasteiger partial charge on any atom is 0.0907 e. The van der Waals surface area contributed by atoms with Crippen LogP contribution in [-0.2, 0) is 0 Å². The van der Waals surface area contributed by atoms with E-state index in [0.29, 0.717) is 0 Å². The van der Waals surface area contributed by atoms with E-state index in [1.54, 1.807) is 28.9 Å². The molecule has 3 rings (SSSR count). The van der Waals surface area contributed by atoms with E-state index in [9.17, 15) is 0 Å². The average molecular weight is 325 g/mol. The SMILES string of the molecule is C.CC.CC.Cc1nc2ccccc2s1.Cc1nccs1. The molecular formula is C17H28N2S2. The standard InChI is InChI=1S/C8H7NS.C4H5NS.2C2H6.CH4/c1-6-9-7-4-2-3-5-8(7)10-6;1-4-5-2-3-6-4;2*1-2;/h2-5H,1H3;2-3H,1H3;2*1-2H3;1H4. The van der Waals surface area contributed by atoms with E-state index in [-0.39, 0.29) is 7.43 Å². The molecule has 0 saturated heterocycles. The van der Waals surface area contributed by atoms with Crippen LogP contribution in [0, 0.1) is 13.8 Å². The van der Waals surface area contributed by atoms with Crippen molar-refractivity contribution in [2.45, 2.75) is 49.0 Å². The molecule has 1 aromatic carbocycles. The number of benzene rings is 1. The average Bonchev–Trinajstić information content (AvgIpc) is 3.11. The van der Waals surface area contributed by atoms with E-state index in [2.05, 4.69) is 16.0 Å². The zero-order valence-corrected chi connectivity index (χ0v) is 14.8. The normalized spacial score (nSPS) is 8.10. The van der Waals surface area contributed by atoms with Gasteiger partial charge in [-0.1, -0.05) is 47.3 Å². The molecule has 0 spiro atoms. The van der Waals surface area contributed by atoms with E-state index in [0.717, 1.165) is 15.5 Å². The zero-order valence-electron chi connectivity index (χ0n) is 13.2. The van der Waals surface area contributed by atoms with Gasteiger partial charge < -0.3 is 0 Å². The van der Waals surface area contributed by atoms with Crippen LogP contribution in [0.25, 0.3) is 10.2 Å². The van der Waals surface area contributed by atoms with Crippen molar-refractivity contribution in [2.24, 2.45) is 0 Å². The first-order chi connectivity index (χ1) is 9.75. The second kappa shape index (κ2) is 13.7. The molecule has 2 nitrogen and oxygen atoms in total. The van der Waals surface area contributed by atoms with Crippen molar-refractivity contribution in [3.8, 4) is 0 Å². The highest BCUT2D eigenvalue weighted by Gasteiger charge is 1.95. The maximum absolute atomic E-state index is 4.33. The Morgan fingerprint density at radius 1 is 0.905 bits per heavy atom. The van der Waals surface area contributed by atoms with Crippen molar-refractivity contribution in [1.29, 1.82) is 0 Å². The number of rotatable bonds is 0. The molecule has 0 N–H and O–H groups in total. The third-order valence-corrected chi connectivity index (χ3v) is 3.61. The monoisotopic (exact) mass is 324 g/mol. The van der Waals surface area contributed by atoms with E-state index < -0.39 is 0 Å². The minimum Gasteiger partial charge on any atom is -0.250 e. The quantitative estimate of drug-likeness (QED) is 0.457. The number of hydrogen-bond donors (Lipinski definition) is 0. The molecule has 0 aliphatic rings. The highest BCUT2D eigenvalue weighted by Crippen LogP contribution is 2.19. The summed E-state index contributed by atoms with van der Waals surface area (Å²) in [6.45, 7) is 12.0. The van der Waals surface area contributed by atoms with Crippen LogP contribution in [0.4, 0.5) is 0 Å². The van der Waals surface area contributed by atoms with Gasteiger partial charge in [0.2, 0.25) is 0 Å². The van der Waals surface area contributed by atoms with Crippen LogP contribution in [0.3, 0.4) is 0 Å². The molecule has 118 valence electrons. The summed E-state index contributed by atoms with van der Waals surface area (Å²) in [6.07, 6.45) is 1.81. The second-order valence-corrected chi connectivity index (χ2v) is 5.59. The lowest BCUT2D eigenvalue weighted by molar-refractivity contribution is 1.30. The van der Waals surface area contributed by atoms with Gasteiger partial charge in [-0.3, -0.25) is 4.98 Å². The first-order valence-electron chi connectivity index (χ1n) is 6.94. The Hall–Kier alpha value is -1.26. The zero-order chi connectivity index (χ0) is 15.4. The summed E-state index contributed by atoms with van der Waals surface area (Å²) < 4.78 is 1.28. The highest BCUT2D eigenvalue weighted by molar-refractivity contribution is 7.18. The van der Waals surface area contributed by atoms with E-state index in [1.807, 2.05) is 65.1 Å². The largest absolute Gasteiger partial charge is 0.250 e. The van der Waals surface area contributed by atoms with Gasteiger partial charge in [0.1, 0.15) is 0 Å². The Morgan fingerprint density at radius 2 is 1.52 bits per heavy atom. The van der Waals surface area contributed by atoms with Gasteiger partial charge in [0.15, 0.2) is 0 Å². The Morgan fingerprint density at radius 3 is 1.95 bits per heavy atom. The molecule has 0 amide bonds. The minimum absolute atomic E-state index is 0. The molecular weight excluding hydrogens is 296 g/mol. The first-order valence-corrected chi connectivity index (χ1v) is 8.63. The molecule has 2 aromatic heterocycles. The summed E-state index contributed by atoms with van der Waals surface area (Å²) in [5.41, 5.74) is 1.12. The number of fused-ring (bicyclic) bond motifs is 1. The van der Waals surface area contributed by atoms with Crippen molar-refractivity contribution in [3.63, 3.8) is 0 Å². The Bertz CT molecular complexity index is 524. The second-order valence-electron chi connectivity index (χ2n) is 3.25. The van der Waals surface area contributed by atoms with Crippen LogP contribution < -0.4 is 0 Å². The van der Waals surface area contributed by atoms with Crippen LogP contribution in [0.2, 0.25) is 0 Å². The van der Waals surface area contributed by atoms with E-state index in [1.165, 1.54) is 4.70 Å². The van der Waals surface area contributed by atoms with E-state index >= 15 is 0 Å². The van der Waals surface area contributed by atoms with Gasteiger partial charge in [0, 0.05) is 11.6 Å². The smallest absolute Gasteiger partial charge is 0.0907 e. The van der Waals surface area contributed by atoms with Crippen LogP contribution in [0.5, 0.6) is 0 Å². The lowest BCUT2D eigenvalue weighted by Gasteiger charge is -1.80. The molecule has 21 heavy (non-hydrogen) atoms. The van der Waals surface area contributed by atoms with Crippen molar-refractivity contribution in [3.05, 3.63) is 45.9 Å². The topological polar surface area (TPSA) is 25.8 Å². The molecule has 0 unspecified atom stereocenters. The van der Waals surface area contributed by atoms with Crippen LogP contribution in [0.15, 0.2) is 35.8 Å². The number of aryl methyl sites for hydroxylation is 2. The number of thiazole rings is 2. The number of aromatic nitrogens is 2. The summed E-state index contributed by atoms with van der Waals surface area (Å²) in [6, 6.07) is 8.19. The third kappa shape index (κ3) is 8.58. The lowest BCUT2D eigenvalue weighted by atomic mass is 10.3. The van der Waals surface area contributed by atoms with Gasteiger partial charge in [-0.25, -0.2) is 4.98 Å². The van der Waals surface area contributed by atoms with Crippen molar-refractivity contribution in [2.75, 3.05) is 0 Å². The summed E-state index contributed by atoms with van der Waals surface area (Å²) in [7, 11) is 0. The van der Waals surface area contributed by atoms with Crippen LogP contribution >= 0.6 is 22.7 Å². The Balaban J connectivity index is 0. The molecule has 2 heterocycles. The van der Waals surface area contributed by atoms with E-state index in [4.69, 9.17) is 0 Å². The molecule has 0 fully saturated rings. The highest BCUT2D eigenvalue weighted by atomic mass is 32.1. The molecule has 0 atom stereocenters. The van der Waals surface area contributed by atoms with Crippen molar-refractivity contribution < 1.29 is 0 Å². The summed E-state index contributed by atoms with van der Waals surface area (Å²) in [4.78, 5) is 8.27. The lowest BCUT2D eigenvalue weighted by Crippen LogP contribution is -1.65. The van der Waals surface area contributed by atoms with Gasteiger partial charge in [0.05, 0.1) is 20.2 Å².